The van der Waals surface area contributed by atoms with Crippen LogP contribution in [0.2, 0.25) is 0 Å². The van der Waals surface area contributed by atoms with Crippen molar-refractivity contribution in [2.24, 2.45) is 0 Å². The molecule has 1 aliphatic rings. The number of sulfonamides is 1. The monoisotopic (exact) mass is 496 g/mol. The Labute approximate surface area is 201 Å². The fourth-order valence-corrected chi connectivity index (χ4v) is 5.89. The first-order valence-electron chi connectivity index (χ1n) is 10.9. The van der Waals surface area contributed by atoms with Gasteiger partial charge in [0, 0.05) is 48.1 Å². The molecule has 0 radical (unpaired) electrons. The van der Waals surface area contributed by atoms with Gasteiger partial charge in [-0.1, -0.05) is 18.2 Å². The minimum atomic E-state index is -3.72. The summed E-state index contributed by atoms with van der Waals surface area (Å²) in [6, 6.07) is 16.5. The summed E-state index contributed by atoms with van der Waals surface area (Å²) in [6.07, 6.45) is 4.07. The number of hydrogen-bond donors (Lipinski definition) is 2. The van der Waals surface area contributed by atoms with Gasteiger partial charge in [0.25, 0.3) is 10.0 Å². The highest BCUT2D eigenvalue weighted by Gasteiger charge is 2.27. The number of nitrogens with one attached hydrogen (secondary N) is 2. The quantitative estimate of drug-likeness (QED) is 0.407. The first kappa shape index (κ1) is 22.4. The molecule has 0 unspecified atom stereocenters. The molecule has 0 aliphatic carbocycles. The lowest BCUT2D eigenvalue weighted by molar-refractivity contribution is -0.124. The summed E-state index contributed by atoms with van der Waals surface area (Å²) in [6.45, 7) is 3.35. The molecule has 2 atom stereocenters. The number of rotatable bonds is 7. The Kier molecular flexibility index (Phi) is 5.96. The van der Waals surface area contributed by atoms with Crippen molar-refractivity contribution >= 4 is 49.2 Å². The molecule has 9 nitrogen and oxygen atoms in total. The zero-order valence-corrected chi connectivity index (χ0v) is 20.1. The molecule has 0 spiro atoms. The molecule has 1 amide bonds. The lowest BCUT2D eigenvalue weighted by Gasteiger charge is -2.21. The van der Waals surface area contributed by atoms with Crippen molar-refractivity contribution in [2.75, 3.05) is 22.7 Å². The molecule has 2 N–H and O–H groups in total. The Bertz CT molecular complexity index is 1400. The van der Waals surface area contributed by atoms with Crippen LogP contribution in [0, 0.1) is 0 Å². The number of anilines is 2. The topological polar surface area (TPSA) is 109 Å². The van der Waals surface area contributed by atoms with Crippen LogP contribution < -0.4 is 14.9 Å². The Morgan fingerprint density at radius 1 is 1.15 bits per heavy atom. The number of carbonyl (C=O) groups is 1. The molecule has 176 valence electrons. The van der Waals surface area contributed by atoms with Gasteiger partial charge in [-0.15, -0.1) is 0 Å². The molecule has 0 bridgehead atoms. The van der Waals surface area contributed by atoms with E-state index in [0.717, 1.165) is 41.1 Å². The molecule has 3 heterocycles. The van der Waals surface area contributed by atoms with Crippen LogP contribution in [-0.2, 0) is 14.8 Å². The normalized spacial score (nSPS) is 17.1. The lowest BCUT2D eigenvalue weighted by Crippen LogP contribution is -2.40. The number of benzene rings is 2. The molecule has 2 aromatic heterocycles. The van der Waals surface area contributed by atoms with Gasteiger partial charge >= 0.3 is 0 Å². The Morgan fingerprint density at radius 3 is 2.71 bits per heavy atom. The third-order valence-electron chi connectivity index (χ3n) is 6.06. The van der Waals surface area contributed by atoms with E-state index in [1.54, 1.807) is 24.3 Å². The fraction of sp³-hybridized carbons (Fsp3) is 0.261. The zero-order valence-electron chi connectivity index (χ0n) is 18.5. The predicted octanol–water partition coefficient (Wildman–Crippen LogP) is 3.25. The van der Waals surface area contributed by atoms with Crippen molar-refractivity contribution in [3.05, 3.63) is 67.1 Å². The second-order valence-electron chi connectivity index (χ2n) is 8.24. The van der Waals surface area contributed by atoms with Crippen LogP contribution in [0.4, 0.5) is 10.8 Å². The Hall–Kier alpha value is -3.44. The molecule has 0 saturated carbocycles. The second-order valence-corrected chi connectivity index (χ2v) is 10.7. The molecule has 1 saturated heterocycles. The summed E-state index contributed by atoms with van der Waals surface area (Å²) in [7, 11) is -3.72. The molecule has 1 fully saturated rings. The highest BCUT2D eigenvalue weighted by Crippen LogP contribution is 2.25. The van der Waals surface area contributed by atoms with Gasteiger partial charge in [-0.2, -0.15) is 4.37 Å². The van der Waals surface area contributed by atoms with Gasteiger partial charge in [0.15, 0.2) is 0 Å². The Morgan fingerprint density at radius 2 is 1.94 bits per heavy atom. The summed E-state index contributed by atoms with van der Waals surface area (Å²) in [5, 5.41) is 4.51. The van der Waals surface area contributed by atoms with Crippen LogP contribution in [0.15, 0.2) is 72.0 Å². The van der Waals surface area contributed by atoms with Gasteiger partial charge in [0.1, 0.15) is 12.4 Å². The van der Waals surface area contributed by atoms with Crippen LogP contribution in [0.3, 0.4) is 0 Å². The van der Waals surface area contributed by atoms with Gasteiger partial charge in [0.2, 0.25) is 11.0 Å². The van der Waals surface area contributed by atoms with Crippen LogP contribution in [0.25, 0.3) is 10.9 Å². The number of aromatic nitrogens is 3. The lowest BCUT2D eigenvalue weighted by atomic mass is 10.2. The molecule has 34 heavy (non-hydrogen) atoms. The van der Waals surface area contributed by atoms with E-state index < -0.39 is 10.0 Å². The van der Waals surface area contributed by atoms with E-state index in [4.69, 9.17) is 0 Å². The minimum Gasteiger partial charge on any atom is -0.369 e. The van der Waals surface area contributed by atoms with Gasteiger partial charge in [-0.25, -0.2) is 13.4 Å². The molecule has 2 aromatic carbocycles. The number of amides is 1. The van der Waals surface area contributed by atoms with E-state index in [1.807, 2.05) is 48.0 Å². The van der Waals surface area contributed by atoms with Crippen LogP contribution >= 0.6 is 11.5 Å². The van der Waals surface area contributed by atoms with E-state index in [1.165, 1.54) is 6.33 Å². The van der Waals surface area contributed by atoms with Crippen LogP contribution in [0.5, 0.6) is 0 Å². The molecule has 5 rings (SSSR count). The maximum atomic E-state index is 12.9. The number of nitrogens with zero attached hydrogens (tertiary/aromatic N) is 4. The zero-order chi connectivity index (χ0) is 23.7. The van der Waals surface area contributed by atoms with Crippen molar-refractivity contribution in [2.45, 2.75) is 30.3 Å². The first-order chi connectivity index (χ1) is 16.4. The summed E-state index contributed by atoms with van der Waals surface area (Å²) in [5.74, 6) is -0.0163. The van der Waals surface area contributed by atoms with E-state index in [9.17, 15) is 13.2 Å². The van der Waals surface area contributed by atoms with Crippen molar-refractivity contribution < 1.29 is 13.2 Å². The standard InChI is InChI=1S/C23H24N6O3S2/c1-16(29-13-10-17-4-2-3-5-21(17)29)22(30)26-18-11-12-28(14-18)19-6-8-20(9-7-19)34(31,32)27-23-24-15-25-33-23/h2-10,13,15-16,18H,11-12,14H2,1H3,(H,26,30)(H,24,25,27)/t16-,18-/m0/s1. The highest BCUT2D eigenvalue weighted by atomic mass is 32.2. The van der Waals surface area contributed by atoms with E-state index in [2.05, 4.69) is 24.3 Å². The van der Waals surface area contributed by atoms with Crippen LogP contribution in [-0.4, -0.2) is 47.4 Å². The van der Waals surface area contributed by atoms with Crippen molar-refractivity contribution in [1.29, 1.82) is 0 Å². The fourth-order valence-electron chi connectivity index (χ4n) is 4.23. The summed E-state index contributed by atoms with van der Waals surface area (Å²) in [5.41, 5.74) is 1.95. The van der Waals surface area contributed by atoms with Crippen molar-refractivity contribution in [3.8, 4) is 0 Å². The molecule has 11 heteroatoms. The van der Waals surface area contributed by atoms with Gasteiger partial charge in [0.05, 0.1) is 4.90 Å². The van der Waals surface area contributed by atoms with Crippen molar-refractivity contribution in [1.82, 2.24) is 19.2 Å². The Balaban J connectivity index is 1.20. The summed E-state index contributed by atoms with van der Waals surface area (Å²) in [4.78, 5) is 19.1. The van der Waals surface area contributed by atoms with Crippen molar-refractivity contribution in [3.63, 3.8) is 0 Å². The maximum Gasteiger partial charge on any atom is 0.263 e. The average molecular weight is 497 g/mol. The number of carbonyl (C=O) groups excluding carboxylic acids is 1. The highest BCUT2D eigenvalue weighted by molar-refractivity contribution is 7.93. The largest absolute Gasteiger partial charge is 0.369 e. The van der Waals surface area contributed by atoms with E-state index in [0.29, 0.717) is 6.54 Å². The van der Waals surface area contributed by atoms with Gasteiger partial charge < -0.3 is 14.8 Å². The number of hydrogen-bond acceptors (Lipinski definition) is 7. The molecule has 1 aliphatic heterocycles. The smallest absolute Gasteiger partial charge is 0.263 e. The third-order valence-corrected chi connectivity index (χ3v) is 8.12. The average Bonchev–Trinajstić information content (AvgIpc) is 3.60. The predicted molar refractivity (Wildman–Crippen MR) is 133 cm³/mol. The number of para-hydroxylation sites is 1. The van der Waals surface area contributed by atoms with E-state index >= 15 is 0 Å². The summed E-state index contributed by atoms with van der Waals surface area (Å²) >= 11 is 0.979. The minimum absolute atomic E-state index is 0.0163. The first-order valence-corrected chi connectivity index (χ1v) is 13.2. The van der Waals surface area contributed by atoms with Gasteiger partial charge in [-0.3, -0.25) is 9.52 Å². The van der Waals surface area contributed by atoms with E-state index in [-0.39, 0.29) is 28.0 Å². The molecular weight excluding hydrogens is 472 g/mol. The van der Waals surface area contributed by atoms with Crippen LogP contribution in [0.1, 0.15) is 19.4 Å². The second kappa shape index (κ2) is 9.07. The molecule has 4 aromatic rings. The number of fused-ring (bicyclic) bond motifs is 1. The SMILES string of the molecule is C[C@@H](C(=O)N[C@H]1CCN(c2ccc(S(=O)(=O)Nc3ncns3)cc2)C1)n1ccc2ccccc21. The maximum absolute atomic E-state index is 12.9. The third kappa shape index (κ3) is 4.48. The molecular formula is C23H24N6O3S2. The van der Waals surface area contributed by atoms with Gasteiger partial charge in [-0.05, 0) is 55.1 Å². The summed E-state index contributed by atoms with van der Waals surface area (Å²) < 4.78 is 33.2.